The number of likely N-dealkylation sites (N-methyl/N-ethyl adjacent to an activating group) is 2. The largest absolute Gasteiger partial charge is 0.310 e. The number of hydrogen-bond acceptors (Lipinski definition) is 3. The van der Waals surface area contributed by atoms with E-state index in [4.69, 9.17) is 0 Å². The van der Waals surface area contributed by atoms with Crippen LogP contribution >= 0.6 is 0 Å². The van der Waals surface area contributed by atoms with E-state index in [1.54, 1.807) is 0 Å². The predicted molar refractivity (Wildman–Crippen MR) is 83.8 cm³/mol. The Hall–Kier alpha value is -0.870. The number of aromatic nitrogens is 2. The van der Waals surface area contributed by atoms with Gasteiger partial charge in [-0.05, 0) is 52.9 Å². The molecule has 2 rings (SSSR count). The van der Waals surface area contributed by atoms with Gasteiger partial charge in [0.1, 0.15) is 0 Å². The lowest BCUT2D eigenvalue weighted by Crippen LogP contribution is -2.56. The van der Waals surface area contributed by atoms with Gasteiger partial charge in [-0.15, -0.1) is 0 Å². The van der Waals surface area contributed by atoms with Gasteiger partial charge in [0.2, 0.25) is 0 Å². The van der Waals surface area contributed by atoms with E-state index < -0.39 is 0 Å². The SMILES string of the molecule is CCn1nccc1C(NC)C1(N(C)C)CCCC(C)C1. The smallest absolute Gasteiger partial charge is 0.0676 e. The Labute approximate surface area is 123 Å². The zero-order chi connectivity index (χ0) is 14.8. The van der Waals surface area contributed by atoms with Crippen molar-refractivity contribution in [1.82, 2.24) is 20.0 Å². The minimum Gasteiger partial charge on any atom is -0.310 e. The first kappa shape index (κ1) is 15.5. The first-order chi connectivity index (χ1) is 9.55. The fourth-order valence-electron chi connectivity index (χ4n) is 4.03. The summed E-state index contributed by atoms with van der Waals surface area (Å²) >= 11 is 0. The third-order valence-corrected chi connectivity index (χ3v) is 5.07. The van der Waals surface area contributed by atoms with E-state index in [-0.39, 0.29) is 5.54 Å². The summed E-state index contributed by atoms with van der Waals surface area (Å²) in [6, 6.07) is 2.51. The highest BCUT2D eigenvalue weighted by Crippen LogP contribution is 2.43. The maximum Gasteiger partial charge on any atom is 0.0676 e. The van der Waals surface area contributed by atoms with Gasteiger partial charge in [0.15, 0.2) is 0 Å². The van der Waals surface area contributed by atoms with Gasteiger partial charge < -0.3 is 10.2 Å². The molecular weight excluding hydrogens is 248 g/mol. The van der Waals surface area contributed by atoms with Crippen molar-refractivity contribution in [2.75, 3.05) is 21.1 Å². The Morgan fingerprint density at radius 3 is 2.85 bits per heavy atom. The molecule has 20 heavy (non-hydrogen) atoms. The lowest BCUT2D eigenvalue weighted by Gasteiger charge is -2.50. The molecule has 4 heteroatoms. The molecule has 1 fully saturated rings. The Morgan fingerprint density at radius 2 is 2.30 bits per heavy atom. The van der Waals surface area contributed by atoms with E-state index >= 15 is 0 Å². The van der Waals surface area contributed by atoms with Crippen LogP contribution in [0.15, 0.2) is 12.3 Å². The van der Waals surface area contributed by atoms with Gasteiger partial charge in [0.25, 0.3) is 0 Å². The number of nitrogens with zero attached hydrogens (tertiary/aromatic N) is 3. The van der Waals surface area contributed by atoms with Crippen LogP contribution in [0.3, 0.4) is 0 Å². The van der Waals surface area contributed by atoms with Gasteiger partial charge in [0, 0.05) is 18.3 Å². The van der Waals surface area contributed by atoms with Crippen LogP contribution in [0.1, 0.15) is 51.3 Å². The van der Waals surface area contributed by atoms with Crippen LogP contribution in [0.4, 0.5) is 0 Å². The van der Waals surface area contributed by atoms with E-state index in [1.807, 2.05) is 6.20 Å². The first-order valence-corrected chi connectivity index (χ1v) is 7.91. The van der Waals surface area contributed by atoms with E-state index in [2.05, 4.69) is 61.1 Å². The van der Waals surface area contributed by atoms with Crippen LogP contribution in [-0.2, 0) is 6.54 Å². The molecule has 0 amide bonds. The predicted octanol–water partition coefficient (Wildman–Crippen LogP) is 2.67. The van der Waals surface area contributed by atoms with E-state index in [0.717, 1.165) is 12.5 Å². The summed E-state index contributed by atoms with van der Waals surface area (Å²) < 4.78 is 2.13. The molecule has 0 spiro atoms. The normalized spacial score (nSPS) is 28.8. The second kappa shape index (κ2) is 6.27. The average Bonchev–Trinajstić information content (AvgIpc) is 2.87. The molecule has 1 aromatic rings. The van der Waals surface area contributed by atoms with E-state index in [9.17, 15) is 0 Å². The van der Waals surface area contributed by atoms with Crippen molar-refractivity contribution in [3.05, 3.63) is 18.0 Å². The molecule has 0 saturated heterocycles. The summed E-state index contributed by atoms with van der Waals surface area (Å²) in [7, 11) is 6.55. The van der Waals surface area contributed by atoms with Crippen LogP contribution < -0.4 is 5.32 Å². The minimum absolute atomic E-state index is 0.194. The number of nitrogens with one attached hydrogen (secondary N) is 1. The second-order valence-corrected chi connectivity index (χ2v) is 6.49. The van der Waals surface area contributed by atoms with Crippen LogP contribution in [0.2, 0.25) is 0 Å². The van der Waals surface area contributed by atoms with E-state index in [0.29, 0.717) is 6.04 Å². The van der Waals surface area contributed by atoms with Crippen LogP contribution in [0, 0.1) is 5.92 Å². The summed E-state index contributed by atoms with van der Waals surface area (Å²) in [4.78, 5) is 2.44. The maximum absolute atomic E-state index is 4.47. The molecule has 0 aromatic carbocycles. The Kier molecular flexibility index (Phi) is 4.86. The maximum atomic E-state index is 4.47. The van der Waals surface area contributed by atoms with Crippen molar-refractivity contribution in [2.45, 2.75) is 57.7 Å². The number of aryl methyl sites for hydroxylation is 1. The molecule has 1 N–H and O–H groups in total. The molecule has 1 aromatic heterocycles. The van der Waals surface area contributed by atoms with Gasteiger partial charge in [-0.3, -0.25) is 4.68 Å². The van der Waals surface area contributed by atoms with Gasteiger partial charge in [-0.1, -0.05) is 19.8 Å². The Bertz CT molecular complexity index is 426. The highest BCUT2D eigenvalue weighted by atomic mass is 15.3. The summed E-state index contributed by atoms with van der Waals surface area (Å²) in [5.74, 6) is 0.792. The Morgan fingerprint density at radius 1 is 1.55 bits per heavy atom. The number of rotatable bonds is 5. The molecule has 3 atom stereocenters. The molecule has 1 aliphatic carbocycles. The molecule has 4 nitrogen and oxygen atoms in total. The topological polar surface area (TPSA) is 33.1 Å². The van der Waals surface area contributed by atoms with Crippen LogP contribution in [0.5, 0.6) is 0 Å². The highest BCUT2D eigenvalue weighted by Gasteiger charge is 2.44. The van der Waals surface area contributed by atoms with Gasteiger partial charge in [-0.2, -0.15) is 5.10 Å². The van der Waals surface area contributed by atoms with Gasteiger partial charge in [0.05, 0.1) is 11.7 Å². The molecule has 114 valence electrons. The lowest BCUT2D eigenvalue weighted by molar-refractivity contribution is 0.0363. The van der Waals surface area contributed by atoms with Crippen LogP contribution in [-0.4, -0.2) is 41.4 Å². The first-order valence-electron chi connectivity index (χ1n) is 7.91. The van der Waals surface area contributed by atoms with E-state index in [1.165, 1.54) is 31.4 Å². The second-order valence-electron chi connectivity index (χ2n) is 6.49. The van der Waals surface area contributed by atoms with Gasteiger partial charge >= 0.3 is 0 Å². The minimum atomic E-state index is 0.194. The highest BCUT2D eigenvalue weighted by molar-refractivity contribution is 5.16. The molecule has 1 aliphatic rings. The summed E-state index contributed by atoms with van der Waals surface area (Å²) in [6.07, 6.45) is 7.11. The molecular formula is C16H30N4. The molecule has 1 saturated carbocycles. The van der Waals surface area contributed by atoms with Crippen molar-refractivity contribution in [3.8, 4) is 0 Å². The molecule has 1 heterocycles. The Balaban J connectivity index is 2.40. The van der Waals surface area contributed by atoms with Crippen molar-refractivity contribution >= 4 is 0 Å². The molecule has 0 radical (unpaired) electrons. The number of hydrogen-bond donors (Lipinski definition) is 1. The van der Waals surface area contributed by atoms with Crippen LogP contribution in [0.25, 0.3) is 0 Å². The summed E-state index contributed by atoms with van der Waals surface area (Å²) in [6.45, 7) is 5.48. The standard InChI is InChI=1S/C16H30N4/c1-6-20-14(9-11-18-20)15(17-3)16(19(4)5)10-7-8-13(2)12-16/h9,11,13,15,17H,6-8,10,12H2,1-5H3. The monoisotopic (exact) mass is 278 g/mol. The van der Waals surface area contributed by atoms with Gasteiger partial charge in [-0.25, -0.2) is 0 Å². The zero-order valence-corrected chi connectivity index (χ0v) is 13.7. The lowest BCUT2D eigenvalue weighted by atomic mass is 9.70. The van der Waals surface area contributed by atoms with Crippen molar-refractivity contribution in [1.29, 1.82) is 0 Å². The molecule has 0 aliphatic heterocycles. The summed E-state index contributed by atoms with van der Waals surface area (Å²) in [5, 5.41) is 8.06. The fraction of sp³-hybridized carbons (Fsp3) is 0.812. The molecule has 0 bridgehead atoms. The zero-order valence-electron chi connectivity index (χ0n) is 13.7. The third kappa shape index (κ3) is 2.63. The summed E-state index contributed by atoms with van der Waals surface area (Å²) in [5.41, 5.74) is 1.51. The third-order valence-electron chi connectivity index (χ3n) is 5.07. The average molecular weight is 278 g/mol. The fourth-order valence-corrected chi connectivity index (χ4v) is 4.03. The quantitative estimate of drug-likeness (QED) is 0.899. The van der Waals surface area contributed by atoms with Crippen molar-refractivity contribution < 1.29 is 0 Å². The molecule has 3 unspecified atom stereocenters. The van der Waals surface area contributed by atoms with Crippen molar-refractivity contribution in [3.63, 3.8) is 0 Å². The van der Waals surface area contributed by atoms with Crippen molar-refractivity contribution in [2.24, 2.45) is 5.92 Å².